The molecule has 0 saturated carbocycles. The molecule has 1 N–H and O–H groups in total. The van der Waals surface area contributed by atoms with E-state index in [-0.39, 0.29) is 0 Å². The fraction of sp³-hybridized carbons (Fsp3) is 0.412. The fourth-order valence-electron chi connectivity index (χ4n) is 2.02. The van der Waals surface area contributed by atoms with Gasteiger partial charge in [-0.1, -0.05) is 17.7 Å². The largest absolute Gasteiger partial charge is 0.492 e. The van der Waals surface area contributed by atoms with Crippen LogP contribution in [-0.4, -0.2) is 24.8 Å². The van der Waals surface area contributed by atoms with Crippen molar-refractivity contribution in [1.82, 2.24) is 5.32 Å². The molecule has 1 aromatic heterocycles. The molecule has 1 aromatic carbocycles. The second-order valence-electron chi connectivity index (χ2n) is 6.17. The maximum atomic E-state index is 11.6. The number of fused-ring (bicyclic) bond motifs is 1. The summed E-state index contributed by atoms with van der Waals surface area (Å²) in [6.45, 7) is 6.09. The van der Waals surface area contributed by atoms with Gasteiger partial charge in [0, 0.05) is 6.54 Å². The molecule has 1 amide bonds. The Bertz CT molecular complexity index is 779. The zero-order valence-electron chi connectivity index (χ0n) is 13.8. The zero-order chi connectivity index (χ0) is 17.7. The Balaban J connectivity index is 1.90. The number of carbonyl (C=O) groups excluding carboxylic acids is 1. The molecular formula is C17H20ClNO5. The number of nitrogens with one attached hydrogen (secondary N) is 1. The van der Waals surface area contributed by atoms with E-state index in [1.165, 1.54) is 6.07 Å². The molecule has 0 aliphatic carbocycles. The van der Waals surface area contributed by atoms with E-state index >= 15 is 0 Å². The highest BCUT2D eigenvalue weighted by Gasteiger charge is 2.15. The summed E-state index contributed by atoms with van der Waals surface area (Å²) in [5, 5.41) is 3.64. The summed E-state index contributed by atoms with van der Waals surface area (Å²) in [7, 11) is 0. The van der Waals surface area contributed by atoms with Crippen molar-refractivity contribution in [3.63, 3.8) is 0 Å². The predicted octanol–water partition coefficient (Wildman–Crippen LogP) is 3.74. The van der Waals surface area contributed by atoms with Crippen molar-refractivity contribution < 1.29 is 18.7 Å². The SMILES string of the molecule is CC(C)(C)OC(=O)NCCCOc1cc(=O)oc2cccc(Cl)c12. The van der Waals surface area contributed by atoms with Gasteiger partial charge < -0.3 is 19.2 Å². The highest BCUT2D eigenvalue weighted by atomic mass is 35.5. The summed E-state index contributed by atoms with van der Waals surface area (Å²) in [6.07, 6.45) is 0.0714. The monoisotopic (exact) mass is 353 g/mol. The van der Waals surface area contributed by atoms with Gasteiger partial charge in [-0.2, -0.15) is 0 Å². The molecule has 0 atom stereocenters. The molecular weight excluding hydrogens is 334 g/mol. The summed E-state index contributed by atoms with van der Waals surface area (Å²) >= 11 is 6.14. The van der Waals surface area contributed by atoms with Crippen molar-refractivity contribution in [1.29, 1.82) is 0 Å². The van der Waals surface area contributed by atoms with Gasteiger partial charge in [-0.15, -0.1) is 0 Å². The van der Waals surface area contributed by atoms with E-state index in [0.717, 1.165) is 0 Å². The molecule has 0 spiro atoms. The van der Waals surface area contributed by atoms with Crippen molar-refractivity contribution in [2.75, 3.05) is 13.2 Å². The lowest BCUT2D eigenvalue weighted by Gasteiger charge is -2.19. The van der Waals surface area contributed by atoms with Crippen molar-refractivity contribution in [2.45, 2.75) is 32.8 Å². The Morgan fingerprint density at radius 3 is 2.79 bits per heavy atom. The van der Waals surface area contributed by atoms with E-state index < -0.39 is 17.3 Å². The predicted molar refractivity (Wildman–Crippen MR) is 91.8 cm³/mol. The van der Waals surface area contributed by atoms with Crippen LogP contribution >= 0.6 is 11.6 Å². The minimum absolute atomic E-state index is 0.305. The number of hydrogen-bond donors (Lipinski definition) is 1. The molecule has 2 rings (SSSR count). The average Bonchev–Trinajstić information content (AvgIpc) is 2.44. The first-order chi connectivity index (χ1) is 11.3. The van der Waals surface area contributed by atoms with Crippen molar-refractivity contribution in [3.8, 4) is 5.75 Å². The standard InChI is InChI=1S/C17H20ClNO5/c1-17(2,3)24-16(21)19-8-5-9-22-13-10-14(20)23-12-7-4-6-11(18)15(12)13/h4,6-7,10H,5,8-9H2,1-3H3,(H,19,21). The van der Waals surface area contributed by atoms with Crippen molar-refractivity contribution in [3.05, 3.63) is 39.7 Å². The maximum absolute atomic E-state index is 11.6. The van der Waals surface area contributed by atoms with E-state index in [1.54, 1.807) is 39.0 Å². The number of carbonyl (C=O) groups is 1. The first-order valence-corrected chi connectivity index (χ1v) is 7.96. The van der Waals surface area contributed by atoms with Gasteiger partial charge in [-0.05, 0) is 39.3 Å². The molecule has 7 heteroatoms. The molecule has 0 aliphatic heterocycles. The Morgan fingerprint density at radius 1 is 1.33 bits per heavy atom. The number of hydrogen-bond acceptors (Lipinski definition) is 5. The minimum Gasteiger partial charge on any atom is -0.492 e. The highest BCUT2D eigenvalue weighted by molar-refractivity contribution is 6.35. The van der Waals surface area contributed by atoms with Gasteiger partial charge in [-0.3, -0.25) is 0 Å². The maximum Gasteiger partial charge on any atom is 0.407 e. The van der Waals surface area contributed by atoms with Crippen LogP contribution in [0.4, 0.5) is 4.79 Å². The molecule has 0 fully saturated rings. The molecule has 130 valence electrons. The van der Waals surface area contributed by atoms with E-state index in [4.69, 9.17) is 25.5 Å². The quantitative estimate of drug-likeness (QED) is 0.654. The molecule has 0 saturated heterocycles. The average molecular weight is 354 g/mol. The molecule has 0 aliphatic rings. The number of alkyl carbamates (subject to hydrolysis) is 1. The van der Waals surface area contributed by atoms with Gasteiger partial charge in [-0.25, -0.2) is 9.59 Å². The first-order valence-electron chi connectivity index (χ1n) is 7.58. The van der Waals surface area contributed by atoms with Crippen LogP contribution < -0.4 is 15.7 Å². The lowest BCUT2D eigenvalue weighted by Crippen LogP contribution is -2.33. The second kappa shape index (κ2) is 7.57. The topological polar surface area (TPSA) is 77.8 Å². The van der Waals surface area contributed by atoms with E-state index in [1.807, 2.05) is 0 Å². The van der Waals surface area contributed by atoms with Crippen LogP contribution in [0.25, 0.3) is 11.0 Å². The van der Waals surface area contributed by atoms with Crippen LogP contribution in [0.2, 0.25) is 5.02 Å². The zero-order valence-corrected chi connectivity index (χ0v) is 14.6. The smallest absolute Gasteiger partial charge is 0.407 e. The summed E-state index contributed by atoms with van der Waals surface area (Å²) in [6, 6.07) is 6.30. The molecule has 1 heterocycles. The van der Waals surface area contributed by atoms with Gasteiger partial charge in [0.1, 0.15) is 16.9 Å². The van der Waals surface area contributed by atoms with Crippen LogP contribution in [0.15, 0.2) is 33.5 Å². The Kier molecular flexibility index (Phi) is 5.72. The summed E-state index contributed by atoms with van der Waals surface area (Å²) in [4.78, 5) is 23.1. The molecule has 6 nitrogen and oxygen atoms in total. The first kappa shape index (κ1) is 18.1. The number of benzene rings is 1. The molecule has 0 bridgehead atoms. The molecule has 0 radical (unpaired) electrons. The number of amides is 1. The van der Waals surface area contributed by atoms with Gasteiger partial charge >= 0.3 is 11.7 Å². The minimum atomic E-state index is -0.533. The Hall–Kier alpha value is -2.21. The van der Waals surface area contributed by atoms with E-state index in [2.05, 4.69) is 5.32 Å². The third kappa shape index (κ3) is 5.16. The van der Waals surface area contributed by atoms with Crippen molar-refractivity contribution in [2.24, 2.45) is 0 Å². The fourth-order valence-corrected chi connectivity index (χ4v) is 2.28. The molecule has 24 heavy (non-hydrogen) atoms. The van der Waals surface area contributed by atoms with Gasteiger partial charge in [0.25, 0.3) is 0 Å². The Morgan fingerprint density at radius 2 is 2.08 bits per heavy atom. The summed E-state index contributed by atoms with van der Waals surface area (Å²) in [5.74, 6) is 0.365. The third-order valence-electron chi connectivity index (χ3n) is 2.93. The van der Waals surface area contributed by atoms with Gasteiger partial charge in [0.05, 0.1) is 23.1 Å². The number of ether oxygens (including phenoxy) is 2. The molecule has 0 unspecified atom stereocenters. The number of halogens is 1. The van der Waals surface area contributed by atoms with Gasteiger partial charge in [0.15, 0.2) is 0 Å². The second-order valence-corrected chi connectivity index (χ2v) is 6.58. The highest BCUT2D eigenvalue weighted by Crippen LogP contribution is 2.30. The molecule has 2 aromatic rings. The van der Waals surface area contributed by atoms with Gasteiger partial charge in [0.2, 0.25) is 0 Å². The summed E-state index contributed by atoms with van der Waals surface area (Å²) < 4.78 is 15.9. The lowest BCUT2D eigenvalue weighted by molar-refractivity contribution is 0.0525. The van der Waals surface area contributed by atoms with Crippen LogP contribution in [-0.2, 0) is 4.74 Å². The number of rotatable bonds is 5. The van der Waals surface area contributed by atoms with E-state index in [9.17, 15) is 9.59 Å². The van der Waals surface area contributed by atoms with E-state index in [0.29, 0.717) is 41.3 Å². The van der Waals surface area contributed by atoms with Crippen LogP contribution in [0.1, 0.15) is 27.2 Å². The lowest BCUT2D eigenvalue weighted by atomic mass is 10.2. The van der Waals surface area contributed by atoms with Crippen LogP contribution in [0.3, 0.4) is 0 Å². The summed E-state index contributed by atoms with van der Waals surface area (Å²) in [5.41, 5.74) is -0.669. The third-order valence-corrected chi connectivity index (χ3v) is 3.24. The Labute approximate surface area is 144 Å². The van der Waals surface area contributed by atoms with Crippen LogP contribution in [0, 0.1) is 0 Å². The van der Waals surface area contributed by atoms with Crippen LogP contribution in [0.5, 0.6) is 5.75 Å². The normalized spacial score (nSPS) is 11.3. The van der Waals surface area contributed by atoms with Crippen molar-refractivity contribution >= 4 is 28.7 Å².